The van der Waals surface area contributed by atoms with Crippen LogP contribution >= 0.6 is 0 Å². The molecule has 1 atom stereocenters. The highest BCUT2D eigenvalue weighted by Crippen LogP contribution is 2.29. The second kappa shape index (κ2) is 8.92. The van der Waals surface area contributed by atoms with E-state index in [0.29, 0.717) is 18.2 Å². The number of aliphatic hydroxyl groups excluding tert-OH is 1. The van der Waals surface area contributed by atoms with Crippen molar-refractivity contribution in [3.63, 3.8) is 0 Å². The summed E-state index contributed by atoms with van der Waals surface area (Å²) in [4.78, 5) is 2.29. The number of phenolic OH excluding ortho intramolecular Hbond substituents is 1. The molecule has 1 aliphatic heterocycles. The Balaban J connectivity index is 1.40. The summed E-state index contributed by atoms with van der Waals surface area (Å²) in [6, 6.07) is 14.9. The van der Waals surface area contributed by atoms with Crippen LogP contribution in [0, 0.1) is 0 Å². The number of phenols is 1. The van der Waals surface area contributed by atoms with E-state index in [-0.39, 0.29) is 6.61 Å². The van der Waals surface area contributed by atoms with Gasteiger partial charge in [0.15, 0.2) is 0 Å². The Morgan fingerprint density at radius 2 is 1.62 bits per heavy atom. The third-order valence-corrected chi connectivity index (χ3v) is 4.92. The number of benzene rings is 2. The Bertz CT molecular complexity index is 663. The third-order valence-electron chi connectivity index (χ3n) is 4.92. The molecule has 0 aliphatic carbocycles. The quantitative estimate of drug-likeness (QED) is 0.798. The van der Waals surface area contributed by atoms with E-state index in [2.05, 4.69) is 4.90 Å². The van der Waals surface area contributed by atoms with E-state index < -0.39 is 6.10 Å². The van der Waals surface area contributed by atoms with Gasteiger partial charge in [-0.25, -0.2) is 0 Å². The zero-order valence-corrected chi connectivity index (χ0v) is 15.2. The van der Waals surface area contributed by atoms with Gasteiger partial charge in [0.1, 0.15) is 30.0 Å². The van der Waals surface area contributed by atoms with Gasteiger partial charge in [-0.1, -0.05) is 12.1 Å². The molecule has 2 aromatic carbocycles. The first kappa shape index (κ1) is 18.5. The fraction of sp³-hybridized carbons (Fsp3) is 0.429. The van der Waals surface area contributed by atoms with E-state index in [1.807, 2.05) is 36.4 Å². The van der Waals surface area contributed by atoms with Crippen LogP contribution in [0.5, 0.6) is 17.2 Å². The summed E-state index contributed by atoms with van der Waals surface area (Å²) >= 11 is 0. The molecule has 1 unspecified atom stereocenters. The van der Waals surface area contributed by atoms with Crippen molar-refractivity contribution in [1.82, 2.24) is 4.90 Å². The lowest BCUT2D eigenvalue weighted by molar-refractivity contribution is 0.0594. The highest BCUT2D eigenvalue weighted by Gasteiger charge is 2.22. The van der Waals surface area contributed by atoms with E-state index in [0.717, 1.165) is 37.4 Å². The lowest BCUT2D eigenvalue weighted by Crippen LogP contribution is -2.40. The maximum atomic E-state index is 10.3. The van der Waals surface area contributed by atoms with Crippen LogP contribution in [0.4, 0.5) is 0 Å². The van der Waals surface area contributed by atoms with Gasteiger partial charge >= 0.3 is 0 Å². The molecule has 3 rings (SSSR count). The van der Waals surface area contributed by atoms with Crippen LogP contribution in [0.3, 0.4) is 0 Å². The molecule has 5 heteroatoms. The highest BCUT2D eigenvalue weighted by molar-refractivity contribution is 5.31. The van der Waals surface area contributed by atoms with Crippen molar-refractivity contribution >= 4 is 0 Å². The predicted molar refractivity (Wildman–Crippen MR) is 101 cm³/mol. The summed E-state index contributed by atoms with van der Waals surface area (Å²) in [6.45, 7) is 2.83. The average molecular weight is 357 g/mol. The summed E-state index contributed by atoms with van der Waals surface area (Å²) in [6.07, 6.45) is 1.62. The number of β-amino-alcohol motifs (C(OH)–C–C–N with tert-alkyl or cyclic N) is 1. The zero-order chi connectivity index (χ0) is 18.4. The Hall–Kier alpha value is -2.24. The Labute approximate surface area is 154 Å². The van der Waals surface area contributed by atoms with Gasteiger partial charge in [-0.15, -0.1) is 0 Å². The van der Waals surface area contributed by atoms with Gasteiger partial charge in [-0.3, -0.25) is 0 Å². The van der Waals surface area contributed by atoms with E-state index >= 15 is 0 Å². The molecule has 0 bridgehead atoms. The summed E-state index contributed by atoms with van der Waals surface area (Å²) in [7, 11) is 1.63. The van der Waals surface area contributed by atoms with Crippen LogP contribution in [0.2, 0.25) is 0 Å². The van der Waals surface area contributed by atoms with Crippen LogP contribution in [0.1, 0.15) is 24.3 Å². The molecule has 0 spiro atoms. The van der Waals surface area contributed by atoms with E-state index in [1.165, 1.54) is 5.56 Å². The molecule has 0 aromatic heterocycles. The minimum atomic E-state index is -0.512. The fourth-order valence-electron chi connectivity index (χ4n) is 3.41. The van der Waals surface area contributed by atoms with Crippen LogP contribution in [0.15, 0.2) is 48.5 Å². The molecule has 1 aliphatic rings. The fourth-order valence-corrected chi connectivity index (χ4v) is 3.41. The van der Waals surface area contributed by atoms with Crippen molar-refractivity contribution in [3.8, 4) is 17.2 Å². The van der Waals surface area contributed by atoms with Gasteiger partial charge in [0, 0.05) is 6.54 Å². The highest BCUT2D eigenvalue weighted by atomic mass is 16.5. The number of rotatable bonds is 7. The molecule has 1 heterocycles. The summed E-state index contributed by atoms with van der Waals surface area (Å²) < 4.78 is 10.8. The predicted octanol–water partition coefficient (Wildman–Crippen LogP) is 3.02. The Morgan fingerprint density at radius 3 is 2.23 bits per heavy atom. The topological polar surface area (TPSA) is 62.2 Å². The number of methoxy groups -OCH3 is 1. The maximum absolute atomic E-state index is 10.3. The zero-order valence-electron chi connectivity index (χ0n) is 15.2. The minimum Gasteiger partial charge on any atom is -0.508 e. The first-order chi connectivity index (χ1) is 12.6. The normalized spacial score (nSPS) is 17.0. The molecule has 1 saturated heterocycles. The van der Waals surface area contributed by atoms with Gasteiger partial charge < -0.3 is 24.6 Å². The molecule has 26 heavy (non-hydrogen) atoms. The lowest BCUT2D eigenvalue weighted by Gasteiger charge is -2.33. The number of nitrogens with zero attached hydrogens (tertiary/aromatic N) is 1. The molecular weight excluding hydrogens is 330 g/mol. The van der Waals surface area contributed by atoms with Crippen molar-refractivity contribution in [2.45, 2.75) is 24.9 Å². The molecule has 0 saturated carbocycles. The monoisotopic (exact) mass is 357 g/mol. The number of piperidine rings is 1. The standard InChI is InChI=1S/C21H27NO4/c1-25-20-6-8-21(9-7-20)26-15-19(24)14-22-12-10-17(11-13-22)16-2-4-18(23)5-3-16/h2-9,17,19,23-24H,10-15H2,1H3. The molecule has 140 valence electrons. The smallest absolute Gasteiger partial charge is 0.119 e. The second-order valence-corrected chi connectivity index (χ2v) is 6.81. The van der Waals surface area contributed by atoms with Crippen molar-refractivity contribution < 1.29 is 19.7 Å². The second-order valence-electron chi connectivity index (χ2n) is 6.81. The van der Waals surface area contributed by atoms with Crippen LogP contribution in [-0.2, 0) is 0 Å². The molecule has 0 radical (unpaired) electrons. The van der Waals surface area contributed by atoms with Crippen molar-refractivity contribution in [2.75, 3.05) is 33.4 Å². The number of likely N-dealkylation sites (tertiary alicyclic amines) is 1. The van der Waals surface area contributed by atoms with E-state index in [9.17, 15) is 10.2 Å². The molecular formula is C21H27NO4. The first-order valence-electron chi connectivity index (χ1n) is 9.10. The summed E-state index contributed by atoms with van der Waals surface area (Å²) in [5.41, 5.74) is 1.28. The molecule has 1 fully saturated rings. The first-order valence-corrected chi connectivity index (χ1v) is 9.10. The lowest BCUT2D eigenvalue weighted by atomic mass is 9.89. The molecule has 0 amide bonds. The molecule has 5 nitrogen and oxygen atoms in total. The number of ether oxygens (including phenoxy) is 2. The Morgan fingerprint density at radius 1 is 1.00 bits per heavy atom. The van der Waals surface area contributed by atoms with Crippen molar-refractivity contribution in [1.29, 1.82) is 0 Å². The largest absolute Gasteiger partial charge is 0.508 e. The SMILES string of the molecule is COc1ccc(OCC(O)CN2CCC(c3ccc(O)cc3)CC2)cc1. The molecule has 2 N–H and O–H groups in total. The van der Waals surface area contributed by atoms with Crippen LogP contribution in [0.25, 0.3) is 0 Å². The molecule has 2 aromatic rings. The van der Waals surface area contributed by atoms with Crippen molar-refractivity contribution in [2.24, 2.45) is 0 Å². The number of aromatic hydroxyl groups is 1. The van der Waals surface area contributed by atoms with Gasteiger partial charge in [-0.2, -0.15) is 0 Å². The Kier molecular flexibility index (Phi) is 6.36. The third kappa shape index (κ3) is 5.13. The van der Waals surface area contributed by atoms with Crippen LogP contribution in [-0.4, -0.2) is 54.6 Å². The summed E-state index contributed by atoms with van der Waals surface area (Å²) in [5, 5.41) is 19.7. The summed E-state index contributed by atoms with van der Waals surface area (Å²) in [5.74, 6) is 2.36. The number of hydrogen-bond acceptors (Lipinski definition) is 5. The minimum absolute atomic E-state index is 0.282. The van der Waals surface area contributed by atoms with Gasteiger partial charge in [0.25, 0.3) is 0 Å². The number of hydrogen-bond donors (Lipinski definition) is 2. The van der Waals surface area contributed by atoms with Crippen molar-refractivity contribution in [3.05, 3.63) is 54.1 Å². The maximum Gasteiger partial charge on any atom is 0.119 e. The average Bonchev–Trinajstić information content (AvgIpc) is 2.68. The van der Waals surface area contributed by atoms with Gasteiger partial charge in [0.05, 0.1) is 7.11 Å². The van der Waals surface area contributed by atoms with Gasteiger partial charge in [0.2, 0.25) is 0 Å². The van der Waals surface area contributed by atoms with E-state index in [1.54, 1.807) is 19.2 Å². The van der Waals surface area contributed by atoms with Crippen LogP contribution < -0.4 is 9.47 Å². The van der Waals surface area contributed by atoms with Gasteiger partial charge in [-0.05, 0) is 73.8 Å². The van der Waals surface area contributed by atoms with E-state index in [4.69, 9.17) is 9.47 Å². The number of aliphatic hydroxyl groups is 1.